The molecule has 2 amide bonds. The Morgan fingerprint density at radius 2 is 1.76 bits per heavy atom. The van der Waals surface area contributed by atoms with Gasteiger partial charge in [-0.15, -0.1) is 0 Å². The number of imide groups is 1. The van der Waals surface area contributed by atoms with Gasteiger partial charge in [0, 0.05) is 21.5 Å². The maximum absolute atomic E-state index is 13.2. The van der Waals surface area contributed by atoms with Gasteiger partial charge in [0.15, 0.2) is 0 Å². The summed E-state index contributed by atoms with van der Waals surface area (Å²) in [5, 5.41) is 2.51. The standard InChI is InChI=1S/C27H20BrClN2O2S/c1-16-12-20(17(2)31(16)21-10-11-23(28)24(29)14-21)13-25-26(32)30(27(33)34-25)15-19-8-5-7-18-6-3-4-9-22(18)19/h3-14H,15H2,1-2H3/b25-13+. The van der Waals surface area contributed by atoms with Crippen LogP contribution in [0.1, 0.15) is 22.5 Å². The summed E-state index contributed by atoms with van der Waals surface area (Å²) in [6.45, 7) is 4.25. The van der Waals surface area contributed by atoms with E-state index < -0.39 is 0 Å². The predicted molar refractivity (Wildman–Crippen MR) is 143 cm³/mol. The van der Waals surface area contributed by atoms with E-state index in [1.54, 1.807) is 0 Å². The normalized spacial score (nSPS) is 15.2. The van der Waals surface area contributed by atoms with E-state index in [9.17, 15) is 9.59 Å². The second kappa shape index (κ2) is 9.10. The summed E-state index contributed by atoms with van der Waals surface area (Å²) in [6.07, 6.45) is 1.81. The van der Waals surface area contributed by atoms with Gasteiger partial charge in [0.1, 0.15) is 0 Å². The number of hydrogen-bond acceptors (Lipinski definition) is 3. The van der Waals surface area contributed by atoms with E-state index in [2.05, 4.69) is 20.5 Å². The molecule has 2 heterocycles. The van der Waals surface area contributed by atoms with E-state index in [0.717, 1.165) is 55.2 Å². The zero-order valence-corrected chi connectivity index (χ0v) is 21.7. The quantitative estimate of drug-likeness (QED) is 0.242. The minimum absolute atomic E-state index is 0.250. The van der Waals surface area contributed by atoms with E-state index in [1.165, 1.54) is 4.90 Å². The van der Waals surface area contributed by atoms with Crippen molar-refractivity contribution in [1.82, 2.24) is 9.47 Å². The topological polar surface area (TPSA) is 42.3 Å². The molecule has 0 N–H and O–H groups in total. The highest BCUT2D eigenvalue weighted by atomic mass is 79.9. The number of halogens is 2. The van der Waals surface area contributed by atoms with Gasteiger partial charge in [-0.2, -0.15) is 0 Å². The maximum Gasteiger partial charge on any atom is 0.293 e. The number of thioether (sulfide) groups is 1. The van der Waals surface area contributed by atoms with Gasteiger partial charge in [0.25, 0.3) is 11.1 Å². The van der Waals surface area contributed by atoms with E-state index in [-0.39, 0.29) is 17.7 Å². The lowest BCUT2D eigenvalue weighted by atomic mass is 10.0. The Morgan fingerprint density at radius 1 is 1.00 bits per heavy atom. The zero-order valence-electron chi connectivity index (χ0n) is 18.5. The molecular weight excluding hydrogens is 532 g/mol. The van der Waals surface area contributed by atoms with Gasteiger partial charge in [-0.05, 0) is 93.8 Å². The number of carbonyl (C=O) groups is 2. The van der Waals surface area contributed by atoms with Gasteiger partial charge in [-0.25, -0.2) is 0 Å². The van der Waals surface area contributed by atoms with Crippen molar-refractivity contribution in [2.24, 2.45) is 0 Å². The van der Waals surface area contributed by atoms with Crippen molar-refractivity contribution < 1.29 is 9.59 Å². The van der Waals surface area contributed by atoms with Crippen molar-refractivity contribution in [1.29, 1.82) is 0 Å². The van der Waals surface area contributed by atoms with E-state index in [1.807, 2.05) is 86.7 Å². The summed E-state index contributed by atoms with van der Waals surface area (Å²) in [5.41, 5.74) is 4.76. The second-order valence-corrected chi connectivity index (χ2v) is 10.4. The highest BCUT2D eigenvalue weighted by Crippen LogP contribution is 2.36. The smallest absolute Gasteiger partial charge is 0.293 e. The fraction of sp³-hybridized carbons (Fsp3) is 0.111. The molecule has 4 aromatic rings. The van der Waals surface area contributed by atoms with Crippen molar-refractivity contribution in [3.05, 3.63) is 104 Å². The first-order chi connectivity index (χ1) is 16.3. The van der Waals surface area contributed by atoms with E-state index >= 15 is 0 Å². The number of rotatable bonds is 4. The molecule has 34 heavy (non-hydrogen) atoms. The van der Waals surface area contributed by atoms with Crippen LogP contribution in [0.5, 0.6) is 0 Å². The van der Waals surface area contributed by atoms with Crippen molar-refractivity contribution in [2.45, 2.75) is 20.4 Å². The first-order valence-electron chi connectivity index (χ1n) is 10.7. The molecule has 0 bridgehead atoms. The Bertz CT molecular complexity index is 1500. The average Bonchev–Trinajstić information content (AvgIpc) is 3.25. The predicted octanol–water partition coefficient (Wildman–Crippen LogP) is 7.90. The lowest BCUT2D eigenvalue weighted by molar-refractivity contribution is -0.123. The molecule has 1 aromatic heterocycles. The largest absolute Gasteiger partial charge is 0.318 e. The number of benzene rings is 3. The molecule has 0 atom stereocenters. The highest BCUT2D eigenvalue weighted by molar-refractivity contribution is 9.10. The summed E-state index contributed by atoms with van der Waals surface area (Å²) in [7, 11) is 0. The molecular formula is C27H20BrClN2O2S. The van der Waals surface area contributed by atoms with E-state index in [0.29, 0.717) is 9.93 Å². The molecule has 1 fully saturated rings. The fourth-order valence-corrected chi connectivity index (χ4v) is 5.58. The van der Waals surface area contributed by atoms with Crippen LogP contribution >= 0.6 is 39.3 Å². The van der Waals surface area contributed by atoms with Crippen molar-refractivity contribution >= 4 is 67.3 Å². The van der Waals surface area contributed by atoms with Gasteiger partial charge in [0.05, 0.1) is 16.5 Å². The molecule has 5 rings (SSSR count). The second-order valence-electron chi connectivity index (χ2n) is 8.17. The lowest BCUT2D eigenvalue weighted by Gasteiger charge is -2.14. The molecule has 0 saturated carbocycles. The Kier molecular flexibility index (Phi) is 6.15. The number of amides is 2. The summed E-state index contributed by atoms with van der Waals surface area (Å²) in [5.74, 6) is -0.264. The number of nitrogens with zero attached hydrogens (tertiary/aromatic N) is 2. The number of hydrogen-bond donors (Lipinski definition) is 0. The van der Waals surface area contributed by atoms with Crippen LogP contribution in [0.15, 0.2) is 76.1 Å². The minimum atomic E-state index is -0.264. The maximum atomic E-state index is 13.2. The van der Waals surface area contributed by atoms with Crippen LogP contribution in [0.3, 0.4) is 0 Å². The third kappa shape index (κ3) is 4.11. The van der Waals surface area contributed by atoms with Gasteiger partial charge >= 0.3 is 0 Å². The van der Waals surface area contributed by atoms with Crippen molar-refractivity contribution in [2.75, 3.05) is 0 Å². The molecule has 1 aliphatic heterocycles. The molecule has 7 heteroatoms. The minimum Gasteiger partial charge on any atom is -0.318 e. The molecule has 0 spiro atoms. The molecule has 170 valence electrons. The van der Waals surface area contributed by atoms with Gasteiger partial charge in [-0.1, -0.05) is 54.1 Å². The molecule has 3 aromatic carbocycles. The average molecular weight is 552 g/mol. The van der Waals surface area contributed by atoms with Crippen molar-refractivity contribution in [3.8, 4) is 5.69 Å². The van der Waals surface area contributed by atoms with Crippen LogP contribution in [0.2, 0.25) is 5.02 Å². The third-order valence-corrected chi connectivity index (χ3v) is 8.14. The highest BCUT2D eigenvalue weighted by Gasteiger charge is 2.35. The van der Waals surface area contributed by atoms with Gasteiger partial charge in [-0.3, -0.25) is 14.5 Å². The van der Waals surface area contributed by atoms with Crippen LogP contribution in [-0.2, 0) is 11.3 Å². The Balaban J connectivity index is 1.46. The van der Waals surface area contributed by atoms with Crippen LogP contribution in [0.25, 0.3) is 22.5 Å². The molecule has 0 unspecified atom stereocenters. The molecule has 1 saturated heterocycles. The molecule has 0 radical (unpaired) electrons. The summed E-state index contributed by atoms with van der Waals surface area (Å²) in [6, 6.07) is 21.7. The number of carbonyl (C=O) groups excluding carboxylic acids is 2. The zero-order chi connectivity index (χ0) is 24.0. The van der Waals surface area contributed by atoms with Crippen LogP contribution < -0.4 is 0 Å². The first kappa shape index (κ1) is 23.0. The Hall–Kier alpha value is -2.80. The summed E-state index contributed by atoms with van der Waals surface area (Å²) >= 11 is 10.7. The number of aryl methyl sites for hydroxylation is 1. The Morgan fingerprint density at radius 3 is 2.56 bits per heavy atom. The van der Waals surface area contributed by atoms with Crippen LogP contribution in [-0.4, -0.2) is 20.6 Å². The Labute approximate surface area is 215 Å². The first-order valence-corrected chi connectivity index (χ1v) is 12.7. The monoisotopic (exact) mass is 550 g/mol. The summed E-state index contributed by atoms with van der Waals surface area (Å²) in [4.78, 5) is 27.7. The lowest BCUT2D eigenvalue weighted by Crippen LogP contribution is -2.27. The number of aromatic nitrogens is 1. The van der Waals surface area contributed by atoms with Crippen LogP contribution in [0, 0.1) is 13.8 Å². The van der Waals surface area contributed by atoms with Crippen molar-refractivity contribution in [3.63, 3.8) is 0 Å². The summed E-state index contributed by atoms with van der Waals surface area (Å²) < 4.78 is 2.92. The molecule has 1 aliphatic rings. The molecule has 4 nitrogen and oxygen atoms in total. The van der Waals surface area contributed by atoms with Gasteiger partial charge in [0.2, 0.25) is 0 Å². The molecule has 0 aliphatic carbocycles. The van der Waals surface area contributed by atoms with Crippen LogP contribution in [0.4, 0.5) is 4.79 Å². The van der Waals surface area contributed by atoms with E-state index in [4.69, 9.17) is 11.6 Å². The number of fused-ring (bicyclic) bond motifs is 1. The SMILES string of the molecule is Cc1cc(/C=C2/SC(=O)N(Cc3cccc4ccccc34)C2=O)c(C)n1-c1ccc(Br)c(Cl)c1. The fourth-order valence-electron chi connectivity index (χ4n) is 4.33. The van der Waals surface area contributed by atoms with Gasteiger partial charge < -0.3 is 4.57 Å². The third-order valence-electron chi connectivity index (χ3n) is 6.00.